The molecule has 0 spiro atoms. The highest BCUT2D eigenvalue weighted by Gasteiger charge is 2.12. The molecule has 1 aromatic rings. The van der Waals surface area contributed by atoms with E-state index in [-0.39, 0.29) is 5.57 Å². The van der Waals surface area contributed by atoms with Crippen molar-refractivity contribution >= 4 is 29.2 Å². The van der Waals surface area contributed by atoms with Crippen LogP contribution in [0.1, 0.15) is 5.56 Å². The minimum Gasteiger partial charge on any atom is -0.478 e. The van der Waals surface area contributed by atoms with Crippen molar-refractivity contribution in [1.29, 1.82) is 0 Å². The molecule has 4 nitrogen and oxygen atoms in total. The van der Waals surface area contributed by atoms with E-state index in [1.807, 2.05) is 4.84 Å². The van der Waals surface area contributed by atoms with Gasteiger partial charge in [0.15, 0.2) is 0 Å². The van der Waals surface area contributed by atoms with Crippen LogP contribution in [0.4, 0.5) is 0 Å². The average Bonchev–Trinajstić information content (AvgIpc) is 2.26. The van der Waals surface area contributed by atoms with Gasteiger partial charge in [-0.15, -0.1) is 0 Å². The van der Waals surface area contributed by atoms with Gasteiger partial charge in [-0.25, -0.2) is 4.79 Å². The minimum atomic E-state index is -1.20. The molecular formula is C10H8ClNO3. The van der Waals surface area contributed by atoms with Crippen LogP contribution >= 0.6 is 11.8 Å². The fourth-order valence-corrected chi connectivity index (χ4v) is 1.17. The van der Waals surface area contributed by atoms with Gasteiger partial charge in [-0.2, -0.15) is 0 Å². The number of benzene rings is 1. The van der Waals surface area contributed by atoms with E-state index in [1.165, 1.54) is 0 Å². The molecule has 78 valence electrons. The lowest BCUT2D eigenvalue weighted by Gasteiger charge is -2.03. The second-order valence-corrected chi connectivity index (χ2v) is 2.87. The van der Waals surface area contributed by atoms with Crippen LogP contribution in [0.25, 0.3) is 5.57 Å². The van der Waals surface area contributed by atoms with Gasteiger partial charge in [-0.05, 0) is 5.56 Å². The summed E-state index contributed by atoms with van der Waals surface area (Å²) in [6.07, 6.45) is 0.813. The van der Waals surface area contributed by atoms with E-state index in [0.717, 1.165) is 6.08 Å². The van der Waals surface area contributed by atoms with Crippen molar-refractivity contribution in [3.63, 3.8) is 0 Å². The summed E-state index contributed by atoms with van der Waals surface area (Å²) in [6.45, 7) is 0. The van der Waals surface area contributed by atoms with Gasteiger partial charge in [0.1, 0.15) is 0 Å². The molecule has 2 N–H and O–H groups in total. The second-order valence-electron chi connectivity index (χ2n) is 2.69. The van der Waals surface area contributed by atoms with Crippen LogP contribution in [0.15, 0.2) is 36.4 Å². The number of hydrogen-bond donors (Lipinski definition) is 2. The zero-order chi connectivity index (χ0) is 11.3. The van der Waals surface area contributed by atoms with Gasteiger partial charge in [0.25, 0.3) is 5.91 Å². The zero-order valence-corrected chi connectivity index (χ0v) is 8.36. The normalized spacial score (nSPS) is 10.9. The van der Waals surface area contributed by atoms with Crippen LogP contribution in [0, 0.1) is 0 Å². The van der Waals surface area contributed by atoms with Crippen LogP contribution < -0.4 is 4.84 Å². The molecule has 15 heavy (non-hydrogen) atoms. The zero-order valence-electron chi connectivity index (χ0n) is 7.61. The molecule has 1 aromatic carbocycles. The molecule has 0 radical (unpaired) electrons. The maximum Gasteiger partial charge on any atom is 0.329 e. The molecule has 0 aliphatic heterocycles. The fourth-order valence-electron chi connectivity index (χ4n) is 1.07. The van der Waals surface area contributed by atoms with Crippen molar-refractivity contribution in [2.75, 3.05) is 0 Å². The van der Waals surface area contributed by atoms with Crippen molar-refractivity contribution < 1.29 is 14.7 Å². The molecule has 1 amide bonds. The Hall–Kier alpha value is -1.81. The predicted molar refractivity (Wildman–Crippen MR) is 56.1 cm³/mol. The summed E-state index contributed by atoms with van der Waals surface area (Å²) in [4.78, 5) is 23.6. The maximum atomic E-state index is 11.3. The predicted octanol–water partition coefficient (Wildman–Crippen LogP) is 1.42. The molecule has 0 saturated carbocycles. The number of carbonyl (C=O) groups excluding carboxylic acids is 1. The third kappa shape index (κ3) is 3.11. The van der Waals surface area contributed by atoms with Gasteiger partial charge in [0.2, 0.25) is 0 Å². The first-order valence-corrected chi connectivity index (χ1v) is 4.44. The van der Waals surface area contributed by atoms with Gasteiger partial charge in [0, 0.05) is 17.9 Å². The lowest BCUT2D eigenvalue weighted by Crippen LogP contribution is -2.15. The number of aliphatic carboxylic acids is 1. The topological polar surface area (TPSA) is 66.4 Å². The summed E-state index contributed by atoms with van der Waals surface area (Å²) in [5.41, 5.74) is 0.510. The molecule has 0 heterocycles. The molecule has 0 aromatic heterocycles. The van der Waals surface area contributed by atoms with Crippen LogP contribution in [0.5, 0.6) is 0 Å². The summed E-state index contributed by atoms with van der Waals surface area (Å²) in [7, 11) is 0. The molecule has 0 bridgehead atoms. The Balaban J connectivity index is 3.13. The number of hydrogen-bond acceptors (Lipinski definition) is 2. The Morgan fingerprint density at radius 2 is 1.87 bits per heavy atom. The Morgan fingerprint density at radius 3 is 2.33 bits per heavy atom. The van der Waals surface area contributed by atoms with Crippen molar-refractivity contribution in [2.24, 2.45) is 0 Å². The second kappa shape index (κ2) is 5.17. The first-order valence-electron chi connectivity index (χ1n) is 4.06. The minimum absolute atomic E-state index is 0.0121. The molecule has 1 rings (SSSR count). The summed E-state index contributed by atoms with van der Waals surface area (Å²) < 4.78 is 0. The van der Waals surface area contributed by atoms with Crippen molar-refractivity contribution in [1.82, 2.24) is 4.84 Å². The summed E-state index contributed by atoms with van der Waals surface area (Å²) >= 11 is 5.15. The molecule has 5 heteroatoms. The van der Waals surface area contributed by atoms with Crippen molar-refractivity contribution in [3.05, 3.63) is 42.0 Å². The van der Waals surface area contributed by atoms with Crippen LogP contribution in [0.3, 0.4) is 0 Å². The number of amides is 1. The van der Waals surface area contributed by atoms with E-state index in [1.54, 1.807) is 30.3 Å². The fraction of sp³-hybridized carbons (Fsp3) is 0. The SMILES string of the molecule is O=C(O)/C=C(\C(=O)NCl)c1ccccc1. The smallest absolute Gasteiger partial charge is 0.329 e. The van der Waals surface area contributed by atoms with E-state index in [9.17, 15) is 9.59 Å². The summed E-state index contributed by atoms with van der Waals surface area (Å²) in [5.74, 6) is -1.85. The number of carboxylic acid groups (broad SMARTS) is 1. The number of halogens is 1. The number of carboxylic acids is 1. The molecular weight excluding hydrogens is 218 g/mol. The highest BCUT2D eigenvalue weighted by molar-refractivity contribution is 6.33. The highest BCUT2D eigenvalue weighted by atomic mass is 35.5. The van der Waals surface area contributed by atoms with E-state index >= 15 is 0 Å². The summed E-state index contributed by atoms with van der Waals surface area (Å²) in [6, 6.07) is 8.42. The molecule has 0 saturated heterocycles. The first-order chi connectivity index (χ1) is 7.15. The quantitative estimate of drug-likeness (QED) is 0.604. The van der Waals surface area contributed by atoms with E-state index < -0.39 is 11.9 Å². The van der Waals surface area contributed by atoms with Gasteiger partial charge in [-0.1, -0.05) is 30.3 Å². The Morgan fingerprint density at radius 1 is 1.27 bits per heavy atom. The highest BCUT2D eigenvalue weighted by Crippen LogP contribution is 2.14. The average molecular weight is 226 g/mol. The van der Waals surface area contributed by atoms with Gasteiger partial charge in [-0.3, -0.25) is 9.63 Å². The van der Waals surface area contributed by atoms with Gasteiger partial charge in [0.05, 0.1) is 5.57 Å². The summed E-state index contributed by atoms with van der Waals surface area (Å²) in [5, 5.41) is 8.59. The molecule has 0 aliphatic carbocycles. The van der Waals surface area contributed by atoms with E-state index in [4.69, 9.17) is 16.9 Å². The van der Waals surface area contributed by atoms with Crippen molar-refractivity contribution in [2.45, 2.75) is 0 Å². The molecule has 0 unspecified atom stereocenters. The monoisotopic (exact) mass is 225 g/mol. The lowest BCUT2D eigenvalue weighted by molar-refractivity contribution is -0.131. The van der Waals surface area contributed by atoms with Gasteiger partial charge < -0.3 is 5.11 Å². The van der Waals surface area contributed by atoms with Gasteiger partial charge >= 0.3 is 5.97 Å². The Kier molecular flexibility index (Phi) is 3.88. The first kappa shape index (κ1) is 11.3. The third-order valence-electron chi connectivity index (χ3n) is 1.68. The van der Waals surface area contributed by atoms with E-state index in [0.29, 0.717) is 5.56 Å². The van der Waals surface area contributed by atoms with Crippen molar-refractivity contribution in [3.8, 4) is 0 Å². The maximum absolute atomic E-state index is 11.3. The third-order valence-corrected chi connectivity index (χ3v) is 1.85. The standard InChI is InChI=1S/C10H8ClNO3/c11-12-10(15)8(6-9(13)14)7-4-2-1-3-5-7/h1-6H,(H,12,15)(H,13,14)/b8-6-. The Labute approximate surface area is 91.3 Å². The largest absolute Gasteiger partial charge is 0.478 e. The Bertz CT molecular complexity index is 400. The van der Waals surface area contributed by atoms with Crippen LogP contribution in [-0.2, 0) is 9.59 Å². The number of nitrogens with one attached hydrogen (secondary N) is 1. The van der Waals surface area contributed by atoms with Crippen LogP contribution in [-0.4, -0.2) is 17.0 Å². The van der Waals surface area contributed by atoms with Crippen LogP contribution in [0.2, 0.25) is 0 Å². The lowest BCUT2D eigenvalue weighted by atomic mass is 10.1. The molecule has 0 atom stereocenters. The number of carbonyl (C=O) groups is 2. The molecule has 0 aliphatic rings. The molecule has 0 fully saturated rings. The number of rotatable bonds is 3. The van der Waals surface area contributed by atoms with E-state index in [2.05, 4.69) is 0 Å².